The Morgan fingerprint density at radius 2 is 2.03 bits per heavy atom. The van der Waals surface area contributed by atoms with E-state index >= 15 is 4.39 Å². The molecule has 0 unspecified atom stereocenters. The number of halogens is 1. The van der Waals surface area contributed by atoms with Crippen LogP contribution in [0.3, 0.4) is 0 Å². The van der Waals surface area contributed by atoms with E-state index in [1.807, 2.05) is 19.1 Å². The Balaban J connectivity index is 1.44. The van der Waals surface area contributed by atoms with Crippen molar-refractivity contribution in [3.05, 3.63) is 49.1 Å². The first-order valence-corrected chi connectivity index (χ1v) is 10.7. The van der Waals surface area contributed by atoms with Gasteiger partial charge in [0.15, 0.2) is 5.82 Å². The number of rotatable bonds is 3. The van der Waals surface area contributed by atoms with Gasteiger partial charge in [-0.15, -0.1) is 10.2 Å². The van der Waals surface area contributed by atoms with Crippen molar-refractivity contribution in [3.8, 4) is 17.1 Å². The van der Waals surface area contributed by atoms with E-state index in [1.54, 1.807) is 24.7 Å². The molecule has 7 heteroatoms. The van der Waals surface area contributed by atoms with Crippen LogP contribution < -0.4 is 5.32 Å². The lowest BCUT2D eigenvalue weighted by Crippen LogP contribution is -2.68. The SMILES string of the molecule is C=C(c1cnc(-c2cc3ccncc3cc2O)nn1)[C@@H]1C[C@@]2(C)CCC[C@](C)(N2)[C@H]1F. The molecule has 1 aromatic carbocycles. The summed E-state index contributed by atoms with van der Waals surface area (Å²) in [5.74, 6) is 0.0375. The van der Waals surface area contributed by atoms with Gasteiger partial charge in [0.2, 0.25) is 0 Å². The molecular formula is C24H26FN5O. The molecule has 4 heterocycles. The molecule has 0 aliphatic carbocycles. The van der Waals surface area contributed by atoms with Gasteiger partial charge in [-0.1, -0.05) is 6.58 Å². The van der Waals surface area contributed by atoms with Crippen molar-refractivity contribution in [2.75, 3.05) is 0 Å². The van der Waals surface area contributed by atoms with Gasteiger partial charge in [0.1, 0.15) is 17.6 Å². The zero-order chi connectivity index (χ0) is 21.8. The van der Waals surface area contributed by atoms with Gasteiger partial charge in [0.05, 0.1) is 11.8 Å². The summed E-state index contributed by atoms with van der Waals surface area (Å²) in [4.78, 5) is 8.49. The monoisotopic (exact) mass is 419 g/mol. The molecule has 6 nitrogen and oxygen atoms in total. The molecule has 31 heavy (non-hydrogen) atoms. The molecule has 0 amide bonds. The minimum absolute atomic E-state index is 0.0599. The third-order valence-corrected chi connectivity index (χ3v) is 6.98. The van der Waals surface area contributed by atoms with Crippen molar-refractivity contribution >= 4 is 16.3 Å². The van der Waals surface area contributed by atoms with Crippen molar-refractivity contribution in [3.63, 3.8) is 0 Å². The lowest BCUT2D eigenvalue weighted by Gasteiger charge is -2.55. The summed E-state index contributed by atoms with van der Waals surface area (Å²) in [5.41, 5.74) is 0.964. The highest BCUT2D eigenvalue weighted by atomic mass is 19.1. The molecule has 2 N–H and O–H groups in total. The number of hydrogen-bond donors (Lipinski definition) is 2. The maximum absolute atomic E-state index is 15.5. The number of allylic oxidation sites excluding steroid dienone is 1. The highest BCUT2D eigenvalue weighted by Crippen LogP contribution is 2.47. The molecule has 0 spiro atoms. The number of nitrogens with zero attached hydrogens (tertiary/aromatic N) is 4. The molecule has 2 bridgehead atoms. The van der Waals surface area contributed by atoms with E-state index in [9.17, 15) is 5.11 Å². The summed E-state index contributed by atoms with van der Waals surface area (Å²) in [5, 5.41) is 24.2. The average Bonchev–Trinajstić information content (AvgIpc) is 2.75. The Kier molecular flexibility index (Phi) is 4.55. The predicted molar refractivity (Wildman–Crippen MR) is 118 cm³/mol. The number of nitrogens with one attached hydrogen (secondary N) is 1. The van der Waals surface area contributed by atoms with Gasteiger partial charge < -0.3 is 10.4 Å². The van der Waals surface area contributed by atoms with Crippen LogP contribution in [0.4, 0.5) is 4.39 Å². The maximum Gasteiger partial charge on any atom is 0.185 e. The number of aromatic hydroxyl groups is 1. The molecule has 5 rings (SSSR count). The topological polar surface area (TPSA) is 83.8 Å². The van der Waals surface area contributed by atoms with E-state index in [2.05, 4.69) is 39.0 Å². The zero-order valence-corrected chi connectivity index (χ0v) is 17.8. The Morgan fingerprint density at radius 3 is 2.81 bits per heavy atom. The highest BCUT2D eigenvalue weighted by Gasteiger charge is 2.53. The first-order valence-electron chi connectivity index (χ1n) is 10.7. The van der Waals surface area contributed by atoms with Gasteiger partial charge in [-0.2, -0.15) is 0 Å². The largest absolute Gasteiger partial charge is 0.507 e. The first-order chi connectivity index (χ1) is 14.8. The number of hydrogen-bond acceptors (Lipinski definition) is 6. The number of pyridine rings is 1. The van der Waals surface area contributed by atoms with Crippen molar-refractivity contribution in [1.82, 2.24) is 25.5 Å². The van der Waals surface area contributed by atoms with E-state index in [0.29, 0.717) is 29.1 Å². The van der Waals surface area contributed by atoms with Crippen molar-refractivity contribution in [1.29, 1.82) is 0 Å². The predicted octanol–water partition coefficient (Wildman–Crippen LogP) is 4.45. The first kappa shape index (κ1) is 20.0. The molecule has 0 radical (unpaired) electrons. The fourth-order valence-corrected chi connectivity index (χ4v) is 5.39. The minimum atomic E-state index is -1.05. The van der Waals surface area contributed by atoms with Crippen molar-refractivity contribution < 1.29 is 9.50 Å². The summed E-state index contributed by atoms with van der Waals surface area (Å²) in [6.07, 6.45) is 7.45. The average molecular weight is 420 g/mol. The van der Waals surface area contributed by atoms with Crippen LogP contribution in [0.5, 0.6) is 5.75 Å². The fraction of sp³-hybridized carbons (Fsp3) is 0.417. The fourth-order valence-electron chi connectivity index (χ4n) is 5.39. The molecule has 3 aromatic rings. The number of phenols is 1. The van der Waals surface area contributed by atoms with Crippen LogP contribution >= 0.6 is 0 Å². The number of phenolic OH excluding ortho intramolecular Hbond substituents is 1. The summed E-state index contributed by atoms with van der Waals surface area (Å²) >= 11 is 0. The van der Waals surface area contributed by atoms with E-state index in [4.69, 9.17) is 0 Å². The number of piperidine rings is 2. The molecule has 0 saturated carbocycles. The smallest absolute Gasteiger partial charge is 0.185 e. The third-order valence-electron chi connectivity index (χ3n) is 6.98. The van der Waals surface area contributed by atoms with Gasteiger partial charge in [0, 0.05) is 34.8 Å². The Labute approximate surface area is 180 Å². The van der Waals surface area contributed by atoms with Gasteiger partial charge in [-0.3, -0.25) is 4.98 Å². The molecule has 2 fully saturated rings. The second-order valence-corrected chi connectivity index (χ2v) is 9.45. The molecular weight excluding hydrogens is 393 g/mol. The van der Waals surface area contributed by atoms with Crippen LogP contribution in [0.2, 0.25) is 0 Å². The van der Waals surface area contributed by atoms with Crippen LogP contribution in [0.15, 0.2) is 43.4 Å². The van der Waals surface area contributed by atoms with Crippen molar-refractivity contribution in [2.24, 2.45) is 5.92 Å². The van der Waals surface area contributed by atoms with E-state index < -0.39 is 11.7 Å². The standard InChI is InChI=1S/C24H26FN5O/c1-14(18-11-23(2)6-4-7-24(3,30-23)21(18)25)19-13-27-22(29-28-19)17-9-15-5-8-26-12-16(15)10-20(17)31/h5,8-10,12-13,18,21,30-31H,1,4,6-7,11H2,2-3H3/t18-,21-,23+,24-/m0/s1. The summed E-state index contributed by atoms with van der Waals surface area (Å²) in [6, 6.07) is 5.31. The number of alkyl halides is 1. The molecule has 2 aromatic heterocycles. The van der Waals surface area contributed by atoms with Gasteiger partial charge in [0.25, 0.3) is 0 Å². The lowest BCUT2D eigenvalue weighted by atomic mass is 9.64. The third kappa shape index (κ3) is 3.37. The Bertz CT molecular complexity index is 1170. The van der Waals surface area contributed by atoms with E-state index in [0.717, 1.165) is 30.0 Å². The van der Waals surface area contributed by atoms with Crippen LogP contribution in [0, 0.1) is 5.92 Å². The second-order valence-electron chi connectivity index (χ2n) is 9.45. The van der Waals surface area contributed by atoms with Gasteiger partial charge in [-0.25, -0.2) is 9.37 Å². The second kappa shape index (κ2) is 7.05. The van der Waals surface area contributed by atoms with Crippen molar-refractivity contribution in [2.45, 2.75) is 56.8 Å². The summed E-state index contributed by atoms with van der Waals surface area (Å²) in [7, 11) is 0. The van der Waals surface area contributed by atoms with E-state index in [1.165, 1.54) is 0 Å². The van der Waals surface area contributed by atoms with Crippen LogP contribution in [-0.4, -0.2) is 42.5 Å². The van der Waals surface area contributed by atoms with E-state index in [-0.39, 0.29) is 17.2 Å². The normalized spacial score (nSPS) is 30.3. The summed E-state index contributed by atoms with van der Waals surface area (Å²) < 4.78 is 15.5. The molecule has 160 valence electrons. The Morgan fingerprint density at radius 1 is 1.19 bits per heavy atom. The Hall–Kier alpha value is -2.93. The van der Waals surface area contributed by atoms with Crippen LogP contribution in [0.1, 0.15) is 45.2 Å². The minimum Gasteiger partial charge on any atom is -0.507 e. The number of benzene rings is 1. The number of fused-ring (bicyclic) bond motifs is 3. The van der Waals surface area contributed by atoms with Crippen LogP contribution in [0.25, 0.3) is 27.7 Å². The molecule has 2 aliphatic heterocycles. The zero-order valence-electron chi connectivity index (χ0n) is 17.8. The highest BCUT2D eigenvalue weighted by molar-refractivity contribution is 5.88. The van der Waals surface area contributed by atoms with Crippen LogP contribution in [-0.2, 0) is 0 Å². The quantitative estimate of drug-likeness (QED) is 0.652. The molecule has 4 atom stereocenters. The molecule has 2 saturated heterocycles. The maximum atomic E-state index is 15.5. The molecule has 2 aliphatic rings. The number of aromatic nitrogens is 4. The lowest BCUT2D eigenvalue weighted by molar-refractivity contribution is -0.00602. The van der Waals surface area contributed by atoms with Gasteiger partial charge >= 0.3 is 0 Å². The van der Waals surface area contributed by atoms with Gasteiger partial charge in [-0.05, 0) is 68.7 Å². The summed E-state index contributed by atoms with van der Waals surface area (Å²) in [6.45, 7) is 8.32.